The van der Waals surface area contributed by atoms with E-state index in [0.29, 0.717) is 26.1 Å². The molecule has 0 aromatic heterocycles. The third-order valence-electron chi connectivity index (χ3n) is 3.80. The molecule has 0 saturated carbocycles. The zero-order valence-electron chi connectivity index (χ0n) is 13.8. The zero-order valence-corrected chi connectivity index (χ0v) is 14.6. The number of phenols is 1. The van der Waals surface area contributed by atoms with E-state index in [1.165, 1.54) is 10.6 Å². The minimum Gasteiger partial charge on any atom is -0.507 e. The lowest BCUT2D eigenvalue weighted by atomic mass is 10.1. The Balaban J connectivity index is 1.97. The molecule has 2 aromatic rings. The number of benzene rings is 2. The van der Waals surface area contributed by atoms with Gasteiger partial charge in [-0.15, -0.1) is 0 Å². The molecule has 2 rings (SSSR count). The van der Waals surface area contributed by atoms with E-state index >= 15 is 0 Å². The van der Waals surface area contributed by atoms with Crippen LogP contribution in [0, 0.1) is 0 Å². The number of carbonyl (C=O) groups is 1. The summed E-state index contributed by atoms with van der Waals surface area (Å²) >= 11 is 0. The van der Waals surface area contributed by atoms with E-state index in [2.05, 4.69) is 5.32 Å². The number of sulfonamides is 1. The summed E-state index contributed by atoms with van der Waals surface area (Å²) in [5.41, 5.74) is 0.212. The maximum atomic E-state index is 12.2. The van der Waals surface area contributed by atoms with E-state index in [9.17, 15) is 18.3 Å². The molecule has 0 unspecified atom stereocenters. The largest absolute Gasteiger partial charge is 0.507 e. The number of rotatable bonds is 7. The predicted molar refractivity (Wildman–Crippen MR) is 94.7 cm³/mol. The molecule has 0 atom stereocenters. The summed E-state index contributed by atoms with van der Waals surface area (Å²) in [6, 6.07) is 10.7. The van der Waals surface area contributed by atoms with E-state index in [1.807, 2.05) is 24.3 Å². The van der Waals surface area contributed by atoms with Crippen molar-refractivity contribution in [2.75, 3.05) is 25.9 Å². The van der Waals surface area contributed by atoms with Crippen LogP contribution in [0.1, 0.15) is 23.7 Å². The Hall–Kier alpha value is -2.12. The molecule has 7 heteroatoms. The standard InChI is InChI=1S/C17H22N2O4S/c1-3-19(24(2,22)23)10-6-9-18-17(21)15-11-13-7-4-5-8-14(13)12-16(15)20/h4-5,7-8,11-12,20H,3,6,9-10H2,1-2H3,(H,18,21). The van der Waals surface area contributed by atoms with Crippen molar-refractivity contribution in [3.8, 4) is 5.75 Å². The van der Waals surface area contributed by atoms with Crippen molar-refractivity contribution in [1.82, 2.24) is 9.62 Å². The van der Waals surface area contributed by atoms with E-state index < -0.39 is 10.0 Å². The van der Waals surface area contributed by atoms with Gasteiger partial charge in [0.05, 0.1) is 11.8 Å². The van der Waals surface area contributed by atoms with Crippen LogP contribution in [0.4, 0.5) is 0 Å². The molecule has 0 bridgehead atoms. The molecule has 1 amide bonds. The van der Waals surface area contributed by atoms with Gasteiger partial charge in [0.15, 0.2) is 0 Å². The van der Waals surface area contributed by atoms with Crippen LogP contribution in [0.2, 0.25) is 0 Å². The first kappa shape index (κ1) is 18.2. The van der Waals surface area contributed by atoms with Gasteiger partial charge in [0.1, 0.15) is 5.75 Å². The highest BCUT2D eigenvalue weighted by molar-refractivity contribution is 7.88. The van der Waals surface area contributed by atoms with E-state index in [4.69, 9.17) is 0 Å². The first-order chi connectivity index (χ1) is 11.3. The minimum atomic E-state index is -3.22. The average molecular weight is 350 g/mol. The molecule has 0 fully saturated rings. The number of amides is 1. The van der Waals surface area contributed by atoms with Crippen molar-refractivity contribution in [1.29, 1.82) is 0 Å². The van der Waals surface area contributed by atoms with E-state index in [0.717, 1.165) is 10.8 Å². The van der Waals surface area contributed by atoms with Crippen LogP contribution in [0.25, 0.3) is 10.8 Å². The molecular formula is C17H22N2O4S. The van der Waals surface area contributed by atoms with Gasteiger partial charge < -0.3 is 10.4 Å². The monoisotopic (exact) mass is 350 g/mol. The van der Waals surface area contributed by atoms with Crippen molar-refractivity contribution in [3.63, 3.8) is 0 Å². The molecule has 0 heterocycles. The van der Waals surface area contributed by atoms with Gasteiger partial charge >= 0.3 is 0 Å². The van der Waals surface area contributed by atoms with Gasteiger partial charge in [-0.1, -0.05) is 31.2 Å². The summed E-state index contributed by atoms with van der Waals surface area (Å²) in [7, 11) is -3.22. The maximum Gasteiger partial charge on any atom is 0.255 e. The van der Waals surface area contributed by atoms with Crippen LogP contribution in [-0.2, 0) is 10.0 Å². The Kier molecular flexibility index (Phi) is 5.80. The number of fused-ring (bicyclic) bond motifs is 1. The quantitative estimate of drug-likeness (QED) is 0.747. The molecule has 2 aromatic carbocycles. The number of aromatic hydroxyl groups is 1. The Morgan fingerprint density at radius 2 is 1.83 bits per heavy atom. The fourth-order valence-corrected chi connectivity index (χ4v) is 3.45. The summed E-state index contributed by atoms with van der Waals surface area (Å²) < 4.78 is 24.3. The van der Waals surface area contributed by atoms with Gasteiger partial charge in [0, 0.05) is 19.6 Å². The highest BCUT2D eigenvalue weighted by atomic mass is 32.2. The predicted octanol–water partition coefficient (Wildman–Crippen LogP) is 1.95. The molecular weight excluding hydrogens is 328 g/mol. The van der Waals surface area contributed by atoms with Crippen LogP contribution in [0.5, 0.6) is 5.75 Å². The molecule has 0 radical (unpaired) electrons. The summed E-state index contributed by atoms with van der Waals surface area (Å²) in [6.07, 6.45) is 1.67. The summed E-state index contributed by atoms with van der Waals surface area (Å²) in [4.78, 5) is 12.2. The van der Waals surface area contributed by atoms with Crippen molar-refractivity contribution in [3.05, 3.63) is 42.0 Å². The van der Waals surface area contributed by atoms with Gasteiger partial charge in [0.25, 0.3) is 5.91 Å². The molecule has 0 saturated heterocycles. The van der Waals surface area contributed by atoms with Gasteiger partial charge in [0.2, 0.25) is 10.0 Å². The summed E-state index contributed by atoms with van der Waals surface area (Å²) in [5.74, 6) is -0.446. The van der Waals surface area contributed by atoms with Crippen molar-refractivity contribution in [2.45, 2.75) is 13.3 Å². The Labute approximate surface area is 142 Å². The van der Waals surface area contributed by atoms with Gasteiger partial charge in [-0.05, 0) is 29.3 Å². The highest BCUT2D eigenvalue weighted by Gasteiger charge is 2.15. The smallest absolute Gasteiger partial charge is 0.255 e. The highest BCUT2D eigenvalue weighted by Crippen LogP contribution is 2.24. The van der Waals surface area contributed by atoms with Gasteiger partial charge in [-0.25, -0.2) is 12.7 Å². The second-order valence-electron chi connectivity index (χ2n) is 5.58. The normalized spacial score (nSPS) is 11.8. The Morgan fingerprint density at radius 1 is 1.21 bits per heavy atom. The summed E-state index contributed by atoms with van der Waals surface area (Å²) in [5, 5.41) is 14.5. The Bertz CT molecular complexity index is 834. The van der Waals surface area contributed by atoms with E-state index in [1.54, 1.807) is 19.1 Å². The molecule has 6 nitrogen and oxygen atoms in total. The molecule has 0 aliphatic rings. The SMILES string of the molecule is CCN(CCCNC(=O)c1cc2ccccc2cc1O)S(C)(=O)=O. The minimum absolute atomic E-state index is 0.0717. The number of hydrogen-bond donors (Lipinski definition) is 2. The fraction of sp³-hybridized carbons (Fsp3) is 0.353. The lowest BCUT2D eigenvalue weighted by molar-refractivity contribution is 0.0950. The molecule has 24 heavy (non-hydrogen) atoms. The summed E-state index contributed by atoms with van der Waals surface area (Å²) in [6.45, 7) is 2.85. The number of hydrogen-bond acceptors (Lipinski definition) is 4. The molecule has 130 valence electrons. The van der Waals surface area contributed by atoms with Gasteiger partial charge in [-0.2, -0.15) is 0 Å². The van der Waals surface area contributed by atoms with Crippen LogP contribution in [0.3, 0.4) is 0 Å². The van der Waals surface area contributed by atoms with E-state index in [-0.39, 0.29) is 17.2 Å². The second kappa shape index (κ2) is 7.63. The third kappa shape index (κ3) is 4.46. The number of nitrogens with one attached hydrogen (secondary N) is 1. The number of carbonyl (C=O) groups excluding carboxylic acids is 1. The molecule has 0 spiro atoms. The third-order valence-corrected chi connectivity index (χ3v) is 5.18. The van der Waals surface area contributed by atoms with Crippen molar-refractivity contribution >= 4 is 26.7 Å². The van der Waals surface area contributed by atoms with Crippen molar-refractivity contribution < 1.29 is 18.3 Å². The zero-order chi connectivity index (χ0) is 17.7. The maximum absolute atomic E-state index is 12.2. The first-order valence-electron chi connectivity index (χ1n) is 7.78. The number of phenolic OH excluding ortho intramolecular Hbond substituents is 1. The molecule has 0 aliphatic carbocycles. The molecule has 0 aliphatic heterocycles. The lowest BCUT2D eigenvalue weighted by Crippen LogP contribution is -2.33. The van der Waals surface area contributed by atoms with Crippen LogP contribution >= 0.6 is 0 Å². The second-order valence-corrected chi connectivity index (χ2v) is 7.56. The van der Waals surface area contributed by atoms with Crippen LogP contribution in [-0.4, -0.2) is 49.6 Å². The van der Waals surface area contributed by atoms with Crippen LogP contribution < -0.4 is 5.32 Å². The average Bonchev–Trinajstić information content (AvgIpc) is 2.52. The fourth-order valence-electron chi connectivity index (χ4n) is 2.52. The lowest BCUT2D eigenvalue weighted by Gasteiger charge is -2.17. The topological polar surface area (TPSA) is 86.7 Å². The Morgan fingerprint density at radius 3 is 2.42 bits per heavy atom. The van der Waals surface area contributed by atoms with Gasteiger partial charge in [-0.3, -0.25) is 4.79 Å². The van der Waals surface area contributed by atoms with Crippen LogP contribution in [0.15, 0.2) is 36.4 Å². The van der Waals surface area contributed by atoms with Crippen molar-refractivity contribution in [2.24, 2.45) is 0 Å². The number of nitrogens with zero attached hydrogens (tertiary/aromatic N) is 1. The molecule has 2 N–H and O–H groups in total. The first-order valence-corrected chi connectivity index (χ1v) is 9.63.